The van der Waals surface area contributed by atoms with Crippen LogP contribution in [-0.2, 0) is 13.0 Å². The lowest BCUT2D eigenvalue weighted by Crippen LogP contribution is -2.44. The number of urea groups is 1. The summed E-state index contributed by atoms with van der Waals surface area (Å²) in [6.07, 6.45) is 7.18. The Morgan fingerprint density at radius 3 is 3.19 bits per heavy atom. The van der Waals surface area contributed by atoms with Crippen molar-refractivity contribution in [1.82, 2.24) is 30.0 Å². The number of imidazole rings is 1. The molecule has 142 valence electrons. The number of carbonyl (C=O) groups is 1. The topological polar surface area (TPSA) is 78.8 Å². The summed E-state index contributed by atoms with van der Waals surface area (Å²) in [7, 11) is 0. The van der Waals surface area contributed by atoms with E-state index in [1.54, 1.807) is 12.3 Å². The molecule has 0 radical (unpaired) electrons. The molecule has 8 heteroatoms. The number of aromatic amines is 1. The van der Waals surface area contributed by atoms with Crippen LogP contribution >= 0.6 is 0 Å². The van der Waals surface area contributed by atoms with Gasteiger partial charge in [0, 0.05) is 31.9 Å². The molecule has 0 aliphatic carbocycles. The van der Waals surface area contributed by atoms with Gasteiger partial charge >= 0.3 is 6.03 Å². The molecule has 27 heavy (non-hydrogen) atoms. The summed E-state index contributed by atoms with van der Waals surface area (Å²) in [4.78, 5) is 22.0. The molecule has 3 heterocycles. The zero-order valence-corrected chi connectivity index (χ0v) is 15.1. The van der Waals surface area contributed by atoms with Gasteiger partial charge < -0.3 is 15.2 Å². The van der Waals surface area contributed by atoms with E-state index in [0.29, 0.717) is 18.5 Å². The van der Waals surface area contributed by atoms with Crippen molar-refractivity contribution in [3.05, 3.63) is 48.3 Å². The molecule has 3 aromatic rings. The molecule has 0 unspecified atom stereocenters. The largest absolute Gasteiger partial charge is 0.342 e. The van der Waals surface area contributed by atoms with E-state index in [1.807, 2.05) is 21.8 Å². The maximum atomic E-state index is 13.2. The normalized spacial score (nSPS) is 16.9. The van der Waals surface area contributed by atoms with Crippen molar-refractivity contribution in [2.75, 3.05) is 13.1 Å². The number of H-pyrrole nitrogens is 1. The van der Waals surface area contributed by atoms with Crippen molar-refractivity contribution < 1.29 is 9.18 Å². The third-order valence-corrected chi connectivity index (χ3v) is 4.95. The van der Waals surface area contributed by atoms with E-state index in [2.05, 4.69) is 20.4 Å². The van der Waals surface area contributed by atoms with Crippen LogP contribution in [0.25, 0.3) is 11.0 Å². The number of fused-ring (bicyclic) bond motifs is 1. The highest BCUT2D eigenvalue weighted by Gasteiger charge is 2.28. The number of aromatic nitrogens is 4. The van der Waals surface area contributed by atoms with Crippen LogP contribution in [0.4, 0.5) is 9.18 Å². The highest BCUT2D eigenvalue weighted by Crippen LogP contribution is 2.19. The van der Waals surface area contributed by atoms with E-state index in [1.165, 1.54) is 12.1 Å². The average molecular weight is 370 g/mol. The minimum absolute atomic E-state index is 0.0173. The lowest BCUT2D eigenvalue weighted by molar-refractivity contribution is 0.186. The number of nitrogens with one attached hydrogen (secondary N) is 2. The minimum Gasteiger partial charge on any atom is -0.342 e. The Kier molecular flexibility index (Phi) is 5.04. The predicted octanol–water partition coefficient (Wildman–Crippen LogP) is 2.71. The van der Waals surface area contributed by atoms with Crippen LogP contribution in [0.1, 0.15) is 25.1 Å². The highest BCUT2D eigenvalue weighted by molar-refractivity contribution is 5.75. The molecule has 1 aromatic carbocycles. The van der Waals surface area contributed by atoms with Gasteiger partial charge in [-0.2, -0.15) is 5.10 Å². The third kappa shape index (κ3) is 4.10. The molecule has 1 atom stereocenters. The number of aryl methyl sites for hydroxylation is 1. The number of nitrogens with zero attached hydrogens (tertiary/aromatic N) is 4. The standard InChI is InChI=1S/C19H23FN6O/c20-14-6-7-16-17(12-14)24-18(23-16)5-1-8-21-19(27)26-11-2-4-15(26)13-25-10-3-9-22-25/h3,6-7,9-10,12,15H,1-2,4-5,8,11,13H2,(H,21,27)(H,23,24)/t15-/m1/s1. The molecule has 2 aromatic heterocycles. The Morgan fingerprint density at radius 1 is 1.41 bits per heavy atom. The van der Waals surface area contributed by atoms with E-state index in [4.69, 9.17) is 0 Å². The van der Waals surface area contributed by atoms with Gasteiger partial charge in [-0.3, -0.25) is 4.68 Å². The van der Waals surface area contributed by atoms with Gasteiger partial charge in [-0.25, -0.2) is 14.2 Å². The van der Waals surface area contributed by atoms with E-state index in [9.17, 15) is 9.18 Å². The summed E-state index contributed by atoms with van der Waals surface area (Å²) in [5.41, 5.74) is 1.46. The lowest BCUT2D eigenvalue weighted by Gasteiger charge is -2.25. The van der Waals surface area contributed by atoms with Gasteiger partial charge in [-0.15, -0.1) is 0 Å². The minimum atomic E-state index is -0.278. The number of amides is 2. The summed E-state index contributed by atoms with van der Waals surface area (Å²) >= 11 is 0. The number of likely N-dealkylation sites (tertiary alicyclic amines) is 1. The first-order chi connectivity index (χ1) is 13.2. The van der Waals surface area contributed by atoms with Gasteiger partial charge in [-0.05, 0) is 43.5 Å². The highest BCUT2D eigenvalue weighted by atomic mass is 19.1. The molecule has 7 nitrogen and oxygen atoms in total. The van der Waals surface area contributed by atoms with E-state index >= 15 is 0 Å². The molecule has 4 rings (SSSR count). The predicted molar refractivity (Wildman–Crippen MR) is 99.7 cm³/mol. The second kappa shape index (κ2) is 7.77. The average Bonchev–Trinajstić information content (AvgIpc) is 3.39. The number of hydrogen-bond acceptors (Lipinski definition) is 3. The van der Waals surface area contributed by atoms with Crippen molar-refractivity contribution in [3.8, 4) is 0 Å². The zero-order chi connectivity index (χ0) is 18.6. The Balaban J connectivity index is 1.25. The Bertz CT molecular complexity index is 906. The van der Waals surface area contributed by atoms with Crippen LogP contribution < -0.4 is 5.32 Å². The molecule has 0 spiro atoms. The third-order valence-electron chi connectivity index (χ3n) is 4.95. The van der Waals surface area contributed by atoms with Gasteiger partial charge in [0.15, 0.2) is 0 Å². The quantitative estimate of drug-likeness (QED) is 0.655. The molecule has 1 fully saturated rings. The lowest BCUT2D eigenvalue weighted by atomic mass is 10.2. The fourth-order valence-corrected chi connectivity index (χ4v) is 3.62. The summed E-state index contributed by atoms with van der Waals surface area (Å²) in [6, 6.07) is 6.58. The SMILES string of the molecule is O=C(NCCCc1nc2ccc(F)cc2[nH]1)N1CCC[C@@H]1Cn1cccn1. The van der Waals surface area contributed by atoms with Crippen LogP contribution in [0.3, 0.4) is 0 Å². The molecule has 1 aliphatic heterocycles. The fourth-order valence-electron chi connectivity index (χ4n) is 3.62. The summed E-state index contributed by atoms with van der Waals surface area (Å²) in [6.45, 7) is 2.10. The smallest absolute Gasteiger partial charge is 0.317 e. The molecule has 2 N–H and O–H groups in total. The molecule has 1 saturated heterocycles. The molecular formula is C19H23FN6O. The van der Waals surface area contributed by atoms with Crippen molar-refractivity contribution in [2.24, 2.45) is 0 Å². The summed E-state index contributed by atoms with van der Waals surface area (Å²) in [5, 5.41) is 7.23. The molecular weight excluding hydrogens is 347 g/mol. The zero-order valence-electron chi connectivity index (χ0n) is 15.1. The van der Waals surface area contributed by atoms with Crippen molar-refractivity contribution in [3.63, 3.8) is 0 Å². The number of hydrogen-bond donors (Lipinski definition) is 2. The van der Waals surface area contributed by atoms with E-state index in [0.717, 1.165) is 43.7 Å². The van der Waals surface area contributed by atoms with Crippen molar-refractivity contribution in [1.29, 1.82) is 0 Å². The number of rotatable bonds is 6. The van der Waals surface area contributed by atoms with Crippen LogP contribution in [0.2, 0.25) is 0 Å². The maximum absolute atomic E-state index is 13.2. The van der Waals surface area contributed by atoms with Crippen LogP contribution in [0.5, 0.6) is 0 Å². The first kappa shape index (κ1) is 17.5. The first-order valence-corrected chi connectivity index (χ1v) is 9.35. The Labute approximate surface area is 156 Å². The fraction of sp³-hybridized carbons (Fsp3) is 0.421. The number of carbonyl (C=O) groups excluding carboxylic acids is 1. The van der Waals surface area contributed by atoms with Gasteiger partial charge in [0.1, 0.15) is 11.6 Å². The van der Waals surface area contributed by atoms with E-state index in [-0.39, 0.29) is 17.9 Å². The Hall–Kier alpha value is -2.90. The van der Waals surface area contributed by atoms with Crippen LogP contribution in [0.15, 0.2) is 36.7 Å². The van der Waals surface area contributed by atoms with Crippen molar-refractivity contribution >= 4 is 17.1 Å². The van der Waals surface area contributed by atoms with Gasteiger partial charge in [-0.1, -0.05) is 0 Å². The van der Waals surface area contributed by atoms with E-state index < -0.39 is 0 Å². The van der Waals surface area contributed by atoms with Gasteiger partial charge in [0.2, 0.25) is 0 Å². The molecule has 0 saturated carbocycles. The Morgan fingerprint density at radius 2 is 2.33 bits per heavy atom. The van der Waals surface area contributed by atoms with Crippen molar-refractivity contribution in [2.45, 2.75) is 38.3 Å². The summed E-state index contributed by atoms with van der Waals surface area (Å²) < 4.78 is 15.1. The molecule has 2 amide bonds. The first-order valence-electron chi connectivity index (χ1n) is 9.35. The summed E-state index contributed by atoms with van der Waals surface area (Å²) in [5.74, 6) is 0.530. The second-order valence-electron chi connectivity index (χ2n) is 6.90. The molecule has 0 bridgehead atoms. The maximum Gasteiger partial charge on any atom is 0.317 e. The van der Waals surface area contributed by atoms with Crippen LogP contribution in [0, 0.1) is 5.82 Å². The number of benzene rings is 1. The van der Waals surface area contributed by atoms with Gasteiger partial charge in [0.05, 0.1) is 23.6 Å². The number of halogens is 1. The van der Waals surface area contributed by atoms with Crippen LogP contribution in [-0.4, -0.2) is 49.8 Å². The monoisotopic (exact) mass is 370 g/mol. The van der Waals surface area contributed by atoms with Gasteiger partial charge in [0.25, 0.3) is 0 Å². The molecule has 1 aliphatic rings. The second-order valence-corrected chi connectivity index (χ2v) is 6.90.